The summed E-state index contributed by atoms with van der Waals surface area (Å²) in [5, 5.41) is 14.0. The number of hydrogen-bond donors (Lipinski definition) is 0. The number of carbonyl (C=O) groups is 3. The Bertz CT molecular complexity index is 1110. The number of nitro groups is 1. The Kier molecular flexibility index (Phi) is 9.07. The number of nitro benzene ring substituents is 1. The van der Waals surface area contributed by atoms with Gasteiger partial charge in [0, 0.05) is 42.4 Å². The fraction of sp³-hybridized carbons (Fsp3) is 0.417. The van der Waals surface area contributed by atoms with Crippen molar-refractivity contribution >= 4 is 34.9 Å². The molecule has 186 valence electrons. The molecule has 1 fully saturated rings. The van der Waals surface area contributed by atoms with Gasteiger partial charge in [-0.1, -0.05) is 18.7 Å². The lowest BCUT2D eigenvalue weighted by Crippen LogP contribution is -2.38. The summed E-state index contributed by atoms with van der Waals surface area (Å²) in [4.78, 5) is 52.9. The Morgan fingerprint density at radius 3 is 2.54 bits per heavy atom. The van der Waals surface area contributed by atoms with Crippen molar-refractivity contribution in [3.63, 3.8) is 0 Å². The highest BCUT2D eigenvalue weighted by Crippen LogP contribution is 2.35. The number of piperidine rings is 1. The van der Waals surface area contributed by atoms with E-state index < -0.39 is 16.9 Å². The Labute approximate surface area is 206 Å². The number of para-hydroxylation sites is 1. The van der Waals surface area contributed by atoms with Gasteiger partial charge >= 0.3 is 11.9 Å². The first kappa shape index (κ1) is 26.0. The largest absolute Gasteiger partial charge is 0.462 e. The molecule has 3 rings (SSSR count). The Morgan fingerprint density at radius 1 is 1.17 bits per heavy atom. The SMILES string of the molecule is C=C(C)C(=O)OCCOC(=O)CCC(=O)N1CCC(c2nc(-c3ccccc3[N+](=O)[O-])cs2)CC1. The first-order valence-electron chi connectivity index (χ1n) is 11.2. The van der Waals surface area contributed by atoms with Gasteiger partial charge in [-0.15, -0.1) is 11.3 Å². The molecule has 35 heavy (non-hydrogen) atoms. The molecule has 10 nitrogen and oxygen atoms in total. The van der Waals surface area contributed by atoms with Crippen LogP contribution in [0.3, 0.4) is 0 Å². The molecule has 0 radical (unpaired) electrons. The van der Waals surface area contributed by atoms with E-state index in [0.29, 0.717) is 24.3 Å². The predicted octanol–water partition coefficient (Wildman–Crippen LogP) is 3.87. The molecule has 1 amide bonds. The number of carbonyl (C=O) groups excluding carboxylic acids is 3. The van der Waals surface area contributed by atoms with Gasteiger partial charge in [0.25, 0.3) is 5.69 Å². The van der Waals surface area contributed by atoms with Crippen LogP contribution in [0.5, 0.6) is 0 Å². The normalized spacial score (nSPS) is 13.8. The molecule has 1 aliphatic rings. The molecular weight excluding hydrogens is 474 g/mol. The smallest absolute Gasteiger partial charge is 0.333 e. The van der Waals surface area contributed by atoms with E-state index in [1.54, 1.807) is 23.1 Å². The molecule has 1 aromatic heterocycles. The molecule has 0 atom stereocenters. The predicted molar refractivity (Wildman–Crippen MR) is 129 cm³/mol. The quantitative estimate of drug-likeness (QED) is 0.158. The minimum atomic E-state index is -0.546. The summed E-state index contributed by atoms with van der Waals surface area (Å²) in [6.07, 6.45) is 1.47. The number of esters is 2. The lowest BCUT2D eigenvalue weighted by atomic mass is 9.97. The van der Waals surface area contributed by atoms with Crippen molar-refractivity contribution in [2.24, 2.45) is 0 Å². The van der Waals surface area contributed by atoms with Gasteiger partial charge in [-0.3, -0.25) is 19.7 Å². The number of ether oxygens (including phenoxy) is 2. The monoisotopic (exact) mass is 501 g/mol. The van der Waals surface area contributed by atoms with Crippen LogP contribution < -0.4 is 0 Å². The van der Waals surface area contributed by atoms with Gasteiger partial charge in [0.2, 0.25) is 5.91 Å². The summed E-state index contributed by atoms with van der Waals surface area (Å²) in [7, 11) is 0. The zero-order valence-electron chi connectivity index (χ0n) is 19.4. The Hall–Kier alpha value is -3.60. The van der Waals surface area contributed by atoms with Crippen LogP contribution in [-0.2, 0) is 23.9 Å². The molecule has 0 aliphatic carbocycles. The van der Waals surface area contributed by atoms with Gasteiger partial charge in [-0.25, -0.2) is 9.78 Å². The maximum atomic E-state index is 12.5. The Morgan fingerprint density at radius 2 is 1.86 bits per heavy atom. The molecule has 0 N–H and O–H groups in total. The molecular formula is C24H27N3O7S. The molecule has 0 unspecified atom stereocenters. The summed E-state index contributed by atoms with van der Waals surface area (Å²) in [6.45, 7) is 5.95. The summed E-state index contributed by atoms with van der Waals surface area (Å²) < 4.78 is 9.82. The van der Waals surface area contributed by atoms with E-state index in [1.807, 2.05) is 5.38 Å². The van der Waals surface area contributed by atoms with Crippen LogP contribution in [0, 0.1) is 10.1 Å². The highest BCUT2D eigenvalue weighted by Gasteiger charge is 2.27. The number of thiazole rings is 1. The zero-order valence-corrected chi connectivity index (χ0v) is 20.3. The molecule has 0 spiro atoms. The van der Waals surface area contributed by atoms with Gasteiger partial charge in [0.1, 0.15) is 13.2 Å². The molecule has 0 bridgehead atoms. The van der Waals surface area contributed by atoms with E-state index in [1.165, 1.54) is 24.3 Å². The van der Waals surface area contributed by atoms with E-state index in [-0.39, 0.29) is 49.1 Å². The zero-order chi connectivity index (χ0) is 25.4. The summed E-state index contributed by atoms with van der Waals surface area (Å²) in [5.74, 6) is -1.01. The number of aromatic nitrogens is 1. The van der Waals surface area contributed by atoms with Crippen molar-refractivity contribution in [1.29, 1.82) is 0 Å². The number of nitrogens with zero attached hydrogens (tertiary/aromatic N) is 3. The summed E-state index contributed by atoms with van der Waals surface area (Å²) in [6, 6.07) is 6.54. The van der Waals surface area contributed by atoms with Crippen molar-refractivity contribution in [2.75, 3.05) is 26.3 Å². The van der Waals surface area contributed by atoms with Crippen molar-refractivity contribution in [2.45, 2.75) is 38.5 Å². The molecule has 2 aromatic rings. The summed E-state index contributed by atoms with van der Waals surface area (Å²) >= 11 is 1.47. The number of rotatable bonds is 10. The molecule has 2 heterocycles. The first-order valence-corrected chi connectivity index (χ1v) is 12.1. The fourth-order valence-corrected chi connectivity index (χ4v) is 4.67. The number of benzene rings is 1. The van der Waals surface area contributed by atoms with Crippen molar-refractivity contribution in [3.05, 3.63) is 56.9 Å². The highest BCUT2D eigenvalue weighted by molar-refractivity contribution is 7.10. The van der Waals surface area contributed by atoms with Crippen LogP contribution in [0.1, 0.15) is 43.5 Å². The van der Waals surface area contributed by atoms with Crippen LogP contribution >= 0.6 is 11.3 Å². The van der Waals surface area contributed by atoms with E-state index >= 15 is 0 Å². The van der Waals surface area contributed by atoms with Gasteiger partial charge in [-0.2, -0.15) is 0 Å². The second kappa shape index (κ2) is 12.2. The second-order valence-corrected chi connectivity index (χ2v) is 9.03. The maximum Gasteiger partial charge on any atom is 0.333 e. The molecule has 11 heteroatoms. The standard InChI is InChI=1S/C24H27N3O7S/c1-16(2)24(30)34-14-13-33-22(29)8-7-21(28)26-11-9-17(10-12-26)23-25-19(15-35-23)18-5-3-4-6-20(18)27(31)32/h3-6,15,17H,1,7-14H2,2H3. The van der Waals surface area contributed by atoms with E-state index in [2.05, 4.69) is 11.6 Å². The van der Waals surface area contributed by atoms with Crippen molar-refractivity contribution < 1.29 is 28.8 Å². The van der Waals surface area contributed by atoms with Crippen LogP contribution in [-0.4, -0.2) is 59.0 Å². The van der Waals surface area contributed by atoms with Crippen LogP contribution in [0.2, 0.25) is 0 Å². The lowest BCUT2D eigenvalue weighted by molar-refractivity contribution is -0.384. The number of likely N-dealkylation sites (tertiary alicyclic amines) is 1. The van der Waals surface area contributed by atoms with E-state index in [4.69, 9.17) is 9.47 Å². The lowest BCUT2D eigenvalue weighted by Gasteiger charge is -2.31. The summed E-state index contributed by atoms with van der Waals surface area (Å²) in [5.41, 5.74) is 1.37. The molecule has 1 aliphatic heterocycles. The average molecular weight is 502 g/mol. The number of amides is 1. The topological polar surface area (TPSA) is 129 Å². The van der Waals surface area contributed by atoms with Crippen LogP contribution in [0.15, 0.2) is 41.8 Å². The fourth-order valence-electron chi connectivity index (χ4n) is 3.68. The molecule has 1 saturated heterocycles. The van der Waals surface area contributed by atoms with Gasteiger partial charge in [0.05, 0.1) is 27.6 Å². The second-order valence-electron chi connectivity index (χ2n) is 8.14. The minimum Gasteiger partial charge on any atom is -0.462 e. The first-order chi connectivity index (χ1) is 16.8. The third-order valence-corrected chi connectivity index (χ3v) is 6.57. The van der Waals surface area contributed by atoms with Gasteiger partial charge in [-0.05, 0) is 25.8 Å². The van der Waals surface area contributed by atoms with Crippen LogP contribution in [0.25, 0.3) is 11.3 Å². The van der Waals surface area contributed by atoms with Crippen molar-refractivity contribution in [3.8, 4) is 11.3 Å². The maximum absolute atomic E-state index is 12.5. The van der Waals surface area contributed by atoms with Gasteiger partial charge in [0.15, 0.2) is 0 Å². The van der Waals surface area contributed by atoms with Crippen molar-refractivity contribution in [1.82, 2.24) is 9.88 Å². The van der Waals surface area contributed by atoms with E-state index in [0.717, 1.165) is 17.8 Å². The third-order valence-electron chi connectivity index (χ3n) is 5.57. The van der Waals surface area contributed by atoms with E-state index in [9.17, 15) is 24.5 Å². The average Bonchev–Trinajstić information content (AvgIpc) is 3.35. The minimum absolute atomic E-state index is 0.0242. The Balaban J connectivity index is 1.42. The molecule has 0 saturated carbocycles. The van der Waals surface area contributed by atoms with Crippen LogP contribution in [0.4, 0.5) is 5.69 Å². The highest BCUT2D eigenvalue weighted by atomic mass is 32.1. The van der Waals surface area contributed by atoms with Gasteiger partial charge < -0.3 is 14.4 Å². The number of hydrogen-bond acceptors (Lipinski definition) is 9. The third kappa shape index (κ3) is 7.19. The molecule has 1 aromatic carbocycles.